The Bertz CT molecular complexity index is 947. The van der Waals surface area contributed by atoms with E-state index in [9.17, 15) is 19.2 Å². The smallest absolute Gasteiger partial charge is 0.276 e. The number of rotatable bonds is 5. The minimum Gasteiger partial charge on any atom is -0.482 e. The van der Waals surface area contributed by atoms with Crippen LogP contribution < -0.4 is 15.6 Å². The van der Waals surface area contributed by atoms with Crippen molar-refractivity contribution in [2.24, 2.45) is 0 Å². The Kier molecular flexibility index (Phi) is 5.90. The molecule has 2 aromatic carbocycles. The summed E-state index contributed by atoms with van der Waals surface area (Å²) in [6, 6.07) is 13.3. The minimum atomic E-state index is -0.716. The summed E-state index contributed by atoms with van der Waals surface area (Å²) < 4.78 is 5.24. The Morgan fingerprint density at radius 2 is 1.68 bits per heavy atom. The molecule has 3 rings (SSSR count). The number of ether oxygens (including phenoxy) is 1. The van der Waals surface area contributed by atoms with Crippen molar-refractivity contribution in [3.8, 4) is 5.75 Å². The van der Waals surface area contributed by atoms with Crippen LogP contribution in [0.4, 0.5) is 0 Å². The van der Waals surface area contributed by atoms with Crippen LogP contribution in [0.25, 0.3) is 0 Å². The summed E-state index contributed by atoms with van der Waals surface area (Å²) in [6.07, 6.45) is 0.0349. The van der Waals surface area contributed by atoms with Gasteiger partial charge in [0.1, 0.15) is 12.3 Å². The monoisotopic (exact) mass is 401 g/mol. The highest BCUT2D eigenvalue weighted by Gasteiger charge is 2.31. The van der Waals surface area contributed by atoms with Gasteiger partial charge in [-0.1, -0.05) is 41.9 Å². The molecule has 144 valence electrons. The summed E-state index contributed by atoms with van der Waals surface area (Å²) in [5, 5.41) is 0.349. The summed E-state index contributed by atoms with van der Waals surface area (Å²) in [6.45, 7) is -0.878. The highest BCUT2D eigenvalue weighted by atomic mass is 35.5. The molecule has 2 N–H and O–H groups in total. The summed E-state index contributed by atoms with van der Waals surface area (Å²) in [4.78, 5) is 49.2. The van der Waals surface area contributed by atoms with E-state index in [0.717, 1.165) is 4.90 Å². The molecule has 4 amide bonds. The number of carbonyl (C=O) groups excluding carboxylic acids is 4. The van der Waals surface area contributed by atoms with E-state index < -0.39 is 30.2 Å². The summed E-state index contributed by atoms with van der Waals surface area (Å²) >= 11 is 5.91. The fraction of sp³-hybridized carbons (Fsp3) is 0.158. The van der Waals surface area contributed by atoms with Gasteiger partial charge < -0.3 is 4.74 Å². The van der Waals surface area contributed by atoms with E-state index in [1.165, 1.54) is 0 Å². The van der Waals surface area contributed by atoms with E-state index in [1.807, 2.05) is 0 Å². The molecule has 28 heavy (non-hydrogen) atoms. The van der Waals surface area contributed by atoms with E-state index in [2.05, 4.69) is 10.9 Å². The van der Waals surface area contributed by atoms with Crippen molar-refractivity contribution >= 4 is 35.2 Å². The van der Waals surface area contributed by atoms with E-state index >= 15 is 0 Å². The number of hydrogen-bond acceptors (Lipinski definition) is 5. The van der Waals surface area contributed by atoms with Crippen molar-refractivity contribution in [2.45, 2.75) is 6.42 Å². The van der Waals surface area contributed by atoms with Crippen molar-refractivity contribution < 1.29 is 23.9 Å². The first-order chi connectivity index (χ1) is 13.5. The molecule has 0 saturated heterocycles. The summed E-state index contributed by atoms with van der Waals surface area (Å²) in [5.74, 6) is -2.04. The first-order valence-corrected chi connectivity index (χ1v) is 8.71. The van der Waals surface area contributed by atoms with Crippen LogP contribution in [-0.2, 0) is 20.8 Å². The second kappa shape index (κ2) is 8.53. The van der Waals surface area contributed by atoms with Gasteiger partial charge in [0.25, 0.3) is 17.7 Å². The molecule has 1 aliphatic rings. The third-order valence-electron chi connectivity index (χ3n) is 3.97. The maximum absolute atomic E-state index is 12.4. The van der Waals surface area contributed by atoms with E-state index in [-0.39, 0.29) is 13.0 Å². The second-order valence-corrected chi connectivity index (χ2v) is 6.34. The van der Waals surface area contributed by atoms with E-state index in [1.54, 1.807) is 48.5 Å². The lowest BCUT2D eigenvalue weighted by Gasteiger charge is -2.26. The number of carbonyl (C=O) groups is 4. The molecule has 0 aromatic heterocycles. The molecule has 0 fully saturated rings. The number of para-hydroxylation sites is 1. The first-order valence-electron chi connectivity index (χ1n) is 8.33. The Labute approximate surface area is 165 Å². The van der Waals surface area contributed by atoms with Crippen LogP contribution in [0.5, 0.6) is 5.75 Å². The van der Waals surface area contributed by atoms with Crippen LogP contribution in [0, 0.1) is 0 Å². The molecule has 1 heterocycles. The Hall–Kier alpha value is -3.39. The SMILES string of the molecule is O=C(COc1ccccc1Cl)NNC(=O)CN1C(=O)Cc2ccccc2C1=O. The van der Waals surface area contributed by atoms with Crippen molar-refractivity contribution in [2.75, 3.05) is 13.2 Å². The topological polar surface area (TPSA) is 105 Å². The fourth-order valence-electron chi connectivity index (χ4n) is 2.62. The third-order valence-corrected chi connectivity index (χ3v) is 4.29. The number of benzene rings is 2. The van der Waals surface area contributed by atoms with E-state index in [0.29, 0.717) is 21.9 Å². The average Bonchev–Trinajstić information content (AvgIpc) is 2.69. The number of amides is 4. The zero-order chi connectivity index (χ0) is 20.1. The lowest BCUT2D eigenvalue weighted by molar-refractivity contribution is -0.135. The van der Waals surface area contributed by atoms with Gasteiger partial charge in [-0.15, -0.1) is 0 Å². The molecule has 2 aromatic rings. The lowest BCUT2D eigenvalue weighted by atomic mass is 9.98. The molecule has 0 saturated carbocycles. The Morgan fingerprint density at radius 3 is 2.46 bits per heavy atom. The van der Waals surface area contributed by atoms with Gasteiger partial charge in [-0.2, -0.15) is 0 Å². The number of nitrogens with zero attached hydrogens (tertiary/aromatic N) is 1. The average molecular weight is 402 g/mol. The number of hydrogen-bond donors (Lipinski definition) is 2. The van der Waals surface area contributed by atoms with Gasteiger partial charge in [0.05, 0.1) is 11.4 Å². The number of nitrogens with one attached hydrogen (secondary N) is 2. The van der Waals surface area contributed by atoms with E-state index in [4.69, 9.17) is 16.3 Å². The zero-order valence-corrected chi connectivity index (χ0v) is 15.4. The van der Waals surface area contributed by atoms with Crippen molar-refractivity contribution in [1.82, 2.24) is 15.8 Å². The van der Waals surface area contributed by atoms with Crippen LogP contribution in [0.3, 0.4) is 0 Å². The van der Waals surface area contributed by atoms with Gasteiger partial charge in [0.15, 0.2) is 6.61 Å². The number of imide groups is 1. The number of halogens is 1. The van der Waals surface area contributed by atoms with Crippen LogP contribution in [-0.4, -0.2) is 41.7 Å². The van der Waals surface area contributed by atoms with Crippen molar-refractivity contribution in [3.63, 3.8) is 0 Å². The highest BCUT2D eigenvalue weighted by Crippen LogP contribution is 2.22. The first kappa shape index (κ1) is 19.4. The standard InChI is InChI=1S/C19H16ClN3O5/c20-14-7-3-4-8-15(14)28-11-17(25)22-21-16(24)10-23-18(26)9-12-5-1-2-6-13(12)19(23)27/h1-8H,9-11H2,(H,21,24)(H,22,25). The number of fused-ring (bicyclic) bond motifs is 1. The maximum atomic E-state index is 12.4. The summed E-state index contributed by atoms with van der Waals surface area (Å²) in [7, 11) is 0. The quantitative estimate of drug-likeness (QED) is 0.576. The third kappa shape index (κ3) is 4.47. The predicted octanol–water partition coefficient (Wildman–Crippen LogP) is 1.09. The molecule has 0 aliphatic carbocycles. The maximum Gasteiger partial charge on any atom is 0.276 e. The largest absolute Gasteiger partial charge is 0.482 e. The summed E-state index contributed by atoms with van der Waals surface area (Å²) in [5.41, 5.74) is 5.31. The molecule has 8 nitrogen and oxygen atoms in total. The second-order valence-electron chi connectivity index (χ2n) is 5.93. The van der Waals surface area contributed by atoms with Crippen LogP contribution in [0.1, 0.15) is 15.9 Å². The van der Waals surface area contributed by atoms with Gasteiger partial charge in [-0.05, 0) is 23.8 Å². The predicted molar refractivity (Wildman–Crippen MR) is 99.4 cm³/mol. The van der Waals surface area contributed by atoms with Gasteiger partial charge in [0, 0.05) is 5.56 Å². The highest BCUT2D eigenvalue weighted by molar-refractivity contribution is 6.32. The lowest BCUT2D eigenvalue weighted by Crippen LogP contribution is -2.51. The molecule has 0 bridgehead atoms. The molecule has 9 heteroatoms. The van der Waals surface area contributed by atoms with Crippen LogP contribution in [0.2, 0.25) is 5.02 Å². The molecule has 0 atom stereocenters. The minimum absolute atomic E-state index is 0.0349. The molecule has 0 unspecified atom stereocenters. The molecule has 0 radical (unpaired) electrons. The van der Waals surface area contributed by atoms with Crippen LogP contribution >= 0.6 is 11.6 Å². The zero-order valence-electron chi connectivity index (χ0n) is 14.6. The Balaban J connectivity index is 1.49. The van der Waals surface area contributed by atoms with Gasteiger partial charge >= 0.3 is 0 Å². The Morgan fingerprint density at radius 1 is 1.00 bits per heavy atom. The van der Waals surface area contributed by atoms with Crippen molar-refractivity contribution in [1.29, 1.82) is 0 Å². The molecular formula is C19H16ClN3O5. The molecule has 0 spiro atoms. The fourth-order valence-corrected chi connectivity index (χ4v) is 2.81. The molecular weight excluding hydrogens is 386 g/mol. The van der Waals surface area contributed by atoms with Crippen molar-refractivity contribution in [3.05, 3.63) is 64.7 Å². The number of hydrazine groups is 1. The van der Waals surface area contributed by atoms with Gasteiger partial charge in [0.2, 0.25) is 5.91 Å². The van der Waals surface area contributed by atoms with Crippen LogP contribution in [0.15, 0.2) is 48.5 Å². The van der Waals surface area contributed by atoms with Gasteiger partial charge in [-0.3, -0.25) is 34.9 Å². The normalized spacial score (nSPS) is 13.0. The van der Waals surface area contributed by atoms with Gasteiger partial charge in [-0.25, -0.2) is 0 Å². The molecule has 1 aliphatic heterocycles.